The van der Waals surface area contributed by atoms with E-state index in [1.165, 1.54) is 28.0 Å². The molecule has 7 nitrogen and oxygen atoms in total. The van der Waals surface area contributed by atoms with Crippen LogP contribution in [-0.2, 0) is 17.6 Å². The van der Waals surface area contributed by atoms with Crippen LogP contribution in [0.3, 0.4) is 0 Å². The zero-order valence-corrected chi connectivity index (χ0v) is 24.5. The second kappa shape index (κ2) is 12.9. The predicted octanol–water partition coefficient (Wildman–Crippen LogP) is 7.24. The molecule has 0 radical (unpaired) electrons. The molecule has 206 valence electrons. The summed E-state index contributed by atoms with van der Waals surface area (Å²) >= 11 is 2.88. The number of benzene rings is 2. The molecular weight excluding hydrogens is 553 g/mol. The Bertz CT molecular complexity index is 1670. The van der Waals surface area contributed by atoms with Crippen LogP contribution in [0.5, 0.6) is 11.5 Å². The first-order valence-electron chi connectivity index (χ1n) is 13.3. The molecule has 1 aliphatic carbocycles. The van der Waals surface area contributed by atoms with Crippen molar-refractivity contribution in [2.45, 2.75) is 37.1 Å². The summed E-state index contributed by atoms with van der Waals surface area (Å²) in [5.74, 6) is 1.33. The van der Waals surface area contributed by atoms with Crippen molar-refractivity contribution >= 4 is 34.0 Å². The molecule has 0 bridgehead atoms. The van der Waals surface area contributed by atoms with Crippen LogP contribution < -0.4 is 14.8 Å². The fraction of sp³-hybridized carbons (Fsp3) is 0.250. The molecule has 41 heavy (non-hydrogen) atoms. The molecule has 4 aromatic rings. The Morgan fingerprint density at radius 1 is 1.00 bits per heavy atom. The van der Waals surface area contributed by atoms with Gasteiger partial charge in [-0.3, -0.25) is 4.79 Å². The first kappa shape index (κ1) is 28.2. The number of thiophene rings is 1. The van der Waals surface area contributed by atoms with Crippen molar-refractivity contribution in [1.82, 2.24) is 4.98 Å². The Hall–Kier alpha value is -4.31. The highest BCUT2D eigenvalue weighted by Crippen LogP contribution is 2.42. The van der Waals surface area contributed by atoms with E-state index in [-0.39, 0.29) is 12.3 Å². The number of hydrogen-bond donors (Lipinski definition) is 1. The Labute approximate surface area is 247 Å². The number of hydrogen-bond acceptors (Lipinski definition) is 8. The quantitative estimate of drug-likeness (QED) is 0.208. The number of aryl methyl sites for hydroxylation is 1. The lowest BCUT2D eigenvalue weighted by Gasteiger charge is -2.16. The molecule has 1 N–H and O–H groups in total. The fourth-order valence-electron chi connectivity index (χ4n) is 5.00. The lowest BCUT2D eigenvalue weighted by molar-refractivity contribution is -0.115. The molecule has 1 aliphatic rings. The predicted molar refractivity (Wildman–Crippen MR) is 163 cm³/mol. The number of carbonyl (C=O) groups excluding carboxylic acids is 1. The maximum atomic E-state index is 12.9. The first-order chi connectivity index (χ1) is 20.1. The van der Waals surface area contributed by atoms with Gasteiger partial charge < -0.3 is 14.8 Å². The Morgan fingerprint density at radius 2 is 1.78 bits per heavy atom. The molecular formula is C32H28N4O3S2. The van der Waals surface area contributed by atoms with Crippen LogP contribution in [-0.4, -0.2) is 30.9 Å². The first-order valence-corrected chi connectivity index (χ1v) is 15.1. The van der Waals surface area contributed by atoms with Crippen LogP contribution in [0.25, 0.3) is 22.4 Å². The van der Waals surface area contributed by atoms with Gasteiger partial charge in [-0.1, -0.05) is 42.5 Å². The Balaban J connectivity index is 1.43. The number of ether oxygens (including phenoxy) is 2. The molecule has 0 spiro atoms. The van der Waals surface area contributed by atoms with Gasteiger partial charge in [0.25, 0.3) is 0 Å². The van der Waals surface area contributed by atoms with Crippen LogP contribution in [0.2, 0.25) is 0 Å². The third kappa shape index (κ3) is 5.92. The van der Waals surface area contributed by atoms with Crippen LogP contribution >= 0.6 is 23.1 Å². The molecule has 9 heteroatoms. The summed E-state index contributed by atoms with van der Waals surface area (Å²) < 4.78 is 11.2. The van der Waals surface area contributed by atoms with E-state index >= 15 is 0 Å². The van der Waals surface area contributed by atoms with E-state index in [4.69, 9.17) is 14.5 Å². The zero-order chi connectivity index (χ0) is 28.8. The summed E-state index contributed by atoms with van der Waals surface area (Å²) in [5, 5.41) is 24.1. The van der Waals surface area contributed by atoms with Crippen molar-refractivity contribution in [3.05, 3.63) is 76.2 Å². The number of carbonyl (C=O) groups is 1. The van der Waals surface area contributed by atoms with Crippen molar-refractivity contribution < 1.29 is 14.3 Å². The monoisotopic (exact) mass is 580 g/mol. The van der Waals surface area contributed by atoms with E-state index in [1.807, 2.05) is 54.6 Å². The number of nitrogens with zero attached hydrogens (tertiary/aromatic N) is 3. The molecule has 0 saturated carbocycles. The van der Waals surface area contributed by atoms with Gasteiger partial charge in [-0.15, -0.1) is 23.1 Å². The van der Waals surface area contributed by atoms with Crippen LogP contribution in [0.4, 0.5) is 5.00 Å². The number of thioether (sulfide) groups is 1. The van der Waals surface area contributed by atoms with Crippen LogP contribution in [0.1, 0.15) is 40.8 Å². The Morgan fingerprint density at radius 3 is 2.51 bits per heavy atom. The van der Waals surface area contributed by atoms with Crippen molar-refractivity contribution in [1.29, 1.82) is 10.5 Å². The van der Waals surface area contributed by atoms with Gasteiger partial charge >= 0.3 is 0 Å². The molecule has 0 aliphatic heterocycles. The third-order valence-corrected chi connectivity index (χ3v) is 9.15. The normalized spacial score (nSPS) is 12.1. The van der Waals surface area contributed by atoms with Crippen molar-refractivity contribution in [3.8, 4) is 46.0 Å². The highest BCUT2D eigenvalue weighted by Gasteiger charge is 2.23. The topological polar surface area (TPSA) is 108 Å². The molecule has 2 aromatic heterocycles. The van der Waals surface area contributed by atoms with Gasteiger partial charge in [-0.25, -0.2) is 4.98 Å². The lowest BCUT2D eigenvalue weighted by atomic mass is 9.96. The standard InChI is InChI=1S/C32H28N4O3S2/c1-38-27-13-8-12-22(30(27)39-2)23-17-26(20-9-4-3-5-10-20)35-31(25(23)19-34)40-16-15-29(37)36-32-24(18-33)21-11-6-7-14-28(21)41-32/h3-5,8-10,12-13,17H,6-7,11,14-16H2,1-2H3,(H,36,37). The minimum Gasteiger partial charge on any atom is -0.493 e. The summed E-state index contributed by atoms with van der Waals surface area (Å²) in [6.45, 7) is 0. The average Bonchev–Trinajstić information content (AvgIpc) is 3.37. The average molecular weight is 581 g/mol. The van der Waals surface area contributed by atoms with Crippen molar-refractivity contribution in [2.75, 3.05) is 25.3 Å². The van der Waals surface area contributed by atoms with E-state index in [0.29, 0.717) is 55.2 Å². The zero-order valence-electron chi connectivity index (χ0n) is 22.8. The molecule has 0 atom stereocenters. The van der Waals surface area contributed by atoms with E-state index in [2.05, 4.69) is 17.5 Å². The number of pyridine rings is 1. The summed E-state index contributed by atoms with van der Waals surface area (Å²) in [6, 6.07) is 21.8. The largest absolute Gasteiger partial charge is 0.493 e. The number of aromatic nitrogens is 1. The van der Waals surface area contributed by atoms with Gasteiger partial charge in [0.05, 0.1) is 31.0 Å². The fourth-order valence-corrected chi connectivity index (χ4v) is 7.20. The van der Waals surface area contributed by atoms with Crippen molar-refractivity contribution in [3.63, 3.8) is 0 Å². The third-order valence-electron chi connectivity index (χ3n) is 6.96. The summed E-state index contributed by atoms with van der Waals surface area (Å²) in [6.07, 6.45) is 4.24. The number of fused-ring (bicyclic) bond motifs is 1. The van der Waals surface area contributed by atoms with E-state index < -0.39 is 0 Å². The minimum absolute atomic E-state index is 0.167. The highest BCUT2D eigenvalue weighted by molar-refractivity contribution is 7.99. The molecule has 0 saturated heterocycles. The van der Waals surface area contributed by atoms with E-state index in [0.717, 1.165) is 36.8 Å². The van der Waals surface area contributed by atoms with E-state index in [1.54, 1.807) is 14.2 Å². The molecule has 0 unspecified atom stereocenters. The number of amides is 1. The van der Waals surface area contributed by atoms with Gasteiger partial charge in [0.1, 0.15) is 22.2 Å². The van der Waals surface area contributed by atoms with Gasteiger partial charge in [-0.05, 0) is 43.4 Å². The smallest absolute Gasteiger partial charge is 0.225 e. The van der Waals surface area contributed by atoms with E-state index in [9.17, 15) is 15.3 Å². The minimum atomic E-state index is -0.167. The van der Waals surface area contributed by atoms with Gasteiger partial charge in [0.2, 0.25) is 5.91 Å². The summed E-state index contributed by atoms with van der Waals surface area (Å²) in [7, 11) is 3.15. The molecule has 2 aromatic carbocycles. The number of nitrogens with one attached hydrogen (secondary N) is 1. The van der Waals surface area contributed by atoms with Gasteiger partial charge in [-0.2, -0.15) is 10.5 Å². The number of para-hydroxylation sites is 1. The highest BCUT2D eigenvalue weighted by atomic mass is 32.2. The number of rotatable bonds is 9. The molecule has 1 amide bonds. The maximum absolute atomic E-state index is 12.9. The summed E-state index contributed by atoms with van der Waals surface area (Å²) in [5.41, 5.74) is 5.10. The number of anilines is 1. The van der Waals surface area contributed by atoms with Crippen molar-refractivity contribution in [2.24, 2.45) is 0 Å². The van der Waals surface area contributed by atoms with Gasteiger partial charge in [0, 0.05) is 33.7 Å². The SMILES string of the molecule is COc1cccc(-c2cc(-c3ccccc3)nc(SCCC(=O)Nc3sc4c(c3C#N)CCCC4)c2C#N)c1OC. The van der Waals surface area contributed by atoms with Crippen LogP contribution in [0.15, 0.2) is 59.6 Å². The number of methoxy groups -OCH3 is 2. The molecule has 0 fully saturated rings. The molecule has 5 rings (SSSR count). The lowest BCUT2D eigenvalue weighted by Crippen LogP contribution is -2.12. The van der Waals surface area contributed by atoms with Gasteiger partial charge in [0.15, 0.2) is 11.5 Å². The number of nitriles is 2. The van der Waals surface area contributed by atoms with Crippen LogP contribution in [0, 0.1) is 22.7 Å². The Kier molecular flexibility index (Phi) is 8.88. The summed E-state index contributed by atoms with van der Waals surface area (Å²) in [4.78, 5) is 19.0. The molecule has 2 heterocycles. The second-order valence-electron chi connectivity index (χ2n) is 9.43. The second-order valence-corrected chi connectivity index (χ2v) is 11.6. The maximum Gasteiger partial charge on any atom is 0.225 e.